The first kappa shape index (κ1) is 47.8. The molecule has 0 aliphatic heterocycles. The lowest BCUT2D eigenvalue weighted by Gasteiger charge is -2.26. The Balaban J connectivity index is 3.66. The average molecular weight is 692 g/mol. The molecule has 0 aliphatic carbocycles. The molecule has 3 unspecified atom stereocenters. The predicted octanol–water partition coefficient (Wildman–Crippen LogP) is 12.2. The molecule has 0 aliphatic rings. The topological polar surface area (TPSA) is 89.8 Å². The molecule has 0 aromatic heterocycles. The van der Waals surface area contributed by atoms with Crippen molar-refractivity contribution in [2.24, 2.45) is 0 Å². The highest BCUT2D eigenvalue weighted by atomic mass is 16.3. The summed E-state index contributed by atoms with van der Waals surface area (Å²) in [5.41, 5.74) is 0. The van der Waals surface area contributed by atoms with Crippen LogP contribution in [0.25, 0.3) is 0 Å². The van der Waals surface area contributed by atoms with Crippen LogP contribution in [0.1, 0.15) is 226 Å². The van der Waals surface area contributed by atoms with Crippen LogP contribution in [0.15, 0.2) is 24.3 Å². The van der Waals surface area contributed by atoms with E-state index in [1.54, 1.807) is 0 Å². The molecule has 0 heterocycles. The van der Waals surface area contributed by atoms with E-state index in [-0.39, 0.29) is 12.5 Å². The van der Waals surface area contributed by atoms with Gasteiger partial charge in [-0.25, -0.2) is 0 Å². The van der Waals surface area contributed by atoms with Crippen molar-refractivity contribution in [1.29, 1.82) is 0 Å². The number of carbonyl (C=O) groups is 1. The first-order valence-electron chi connectivity index (χ1n) is 21.6. The van der Waals surface area contributed by atoms with Gasteiger partial charge < -0.3 is 20.6 Å². The minimum Gasteiger partial charge on any atom is -0.394 e. The third-order valence-corrected chi connectivity index (χ3v) is 10.0. The number of aliphatic hydroxyl groups excluding tert-OH is 3. The van der Waals surface area contributed by atoms with Gasteiger partial charge in [0.1, 0.15) is 6.10 Å². The molecule has 5 nitrogen and oxygen atoms in total. The van der Waals surface area contributed by atoms with E-state index in [4.69, 9.17) is 0 Å². The monoisotopic (exact) mass is 692 g/mol. The number of hydrogen-bond donors (Lipinski definition) is 4. The Morgan fingerprint density at radius 2 is 0.837 bits per heavy atom. The van der Waals surface area contributed by atoms with Crippen LogP contribution in [0.3, 0.4) is 0 Å². The smallest absolute Gasteiger partial charge is 0.220 e. The van der Waals surface area contributed by atoms with Gasteiger partial charge in [-0.1, -0.05) is 192 Å². The Morgan fingerprint density at radius 1 is 0.490 bits per heavy atom. The third-order valence-electron chi connectivity index (χ3n) is 10.0. The Kier molecular flexibility index (Phi) is 38.7. The van der Waals surface area contributed by atoms with Crippen molar-refractivity contribution in [1.82, 2.24) is 5.32 Å². The van der Waals surface area contributed by atoms with Crippen molar-refractivity contribution in [3.8, 4) is 0 Å². The summed E-state index contributed by atoms with van der Waals surface area (Å²) in [4.78, 5) is 12.4. The van der Waals surface area contributed by atoms with Gasteiger partial charge in [0.25, 0.3) is 0 Å². The van der Waals surface area contributed by atoms with Gasteiger partial charge in [-0.2, -0.15) is 0 Å². The Bertz CT molecular complexity index is 724. The van der Waals surface area contributed by atoms with Crippen LogP contribution in [0.4, 0.5) is 0 Å². The van der Waals surface area contributed by atoms with Gasteiger partial charge in [-0.3, -0.25) is 4.79 Å². The highest BCUT2D eigenvalue weighted by molar-refractivity contribution is 5.76. The zero-order valence-electron chi connectivity index (χ0n) is 32.8. The molecule has 0 rings (SSSR count). The molecule has 3 atom stereocenters. The van der Waals surface area contributed by atoms with Crippen molar-refractivity contribution >= 4 is 5.91 Å². The molecule has 4 N–H and O–H groups in total. The van der Waals surface area contributed by atoms with E-state index in [1.165, 1.54) is 154 Å². The molecule has 0 fully saturated rings. The van der Waals surface area contributed by atoms with Crippen LogP contribution in [0.5, 0.6) is 0 Å². The fourth-order valence-electron chi connectivity index (χ4n) is 6.65. The lowest BCUT2D eigenvalue weighted by molar-refractivity contribution is -0.124. The molecular formula is C44H85NO4. The van der Waals surface area contributed by atoms with E-state index in [9.17, 15) is 20.1 Å². The zero-order valence-corrected chi connectivity index (χ0v) is 32.8. The van der Waals surface area contributed by atoms with Crippen LogP contribution in [-0.4, -0.2) is 46.1 Å². The summed E-state index contributed by atoms with van der Waals surface area (Å²) in [5.74, 6) is -0.156. The van der Waals surface area contributed by atoms with Crippen LogP contribution < -0.4 is 5.32 Å². The minimum absolute atomic E-state index is 0.156. The van der Waals surface area contributed by atoms with E-state index in [0.29, 0.717) is 12.8 Å². The Morgan fingerprint density at radius 3 is 1.24 bits per heavy atom. The van der Waals surface area contributed by atoms with E-state index in [2.05, 4.69) is 43.5 Å². The highest BCUT2D eigenvalue weighted by Crippen LogP contribution is 2.16. The molecule has 0 aromatic carbocycles. The molecular weight excluding hydrogens is 606 g/mol. The summed E-state index contributed by atoms with van der Waals surface area (Å²) in [6.07, 6.45) is 47.1. The van der Waals surface area contributed by atoms with Crippen molar-refractivity contribution in [3.05, 3.63) is 24.3 Å². The third kappa shape index (κ3) is 35.0. The number of carbonyl (C=O) groups excluding carboxylic acids is 1. The number of allylic oxidation sites excluding steroid dienone is 4. The second kappa shape index (κ2) is 39.6. The number of aliphatic hydroxyl groups is 3. The predicted molar refractivity (Wildman–Crippen MR) is 213 cm³/mol. The summed E-state index contributed by atoms with van der Waals surface area (Å²) in [7, 11) is 0. The molecule has 0 saturated heterocycles. The molecule has 1 amide bonds. The first-order chi connectivity index (χ1) is 24.1. The van der Waals surface area contributed by atoms with Crippen LogP contribution in [0, 0.1) is 0 Å². The normalized spacial score (nSPS) is 13.8. The maximum absolute atomic E-state index is 12.4. The quantitative estimate of drug-likeness (QED) is 0.0381. The van der Waals surface area contributed by atoms with Crippen LogP contribution in [-0.2, 0) is 4.79 Å². The number of rotatable bonds is 39. The van der Waals surface area contributed by atoms with E-state index in [1.807, 2.05) is 0 Å². The maximum Gasteiger partial charge on any atom is 0.220 e. The van der Waals surface area contributed by atoms with E-state index in [0.717, 1.165) is 44.9 Å². The molecule has 49 heavy (non-hydrogen) atoms. The molecule has 0 aromatic rings. The maximum atomic E-state index is 12.4. The molecule has 0 saturated carbocycles. The minimum atomic E-state index is -1.16. The van der Waals surface area contributed by atoms with E-state index >= 15 is 0 Å². The molecule has 0 bridgehead atoms. The van der Waals surface area contributed by atoms with Gasteiger partial charge in [0, 0.05) is 6.42 Å². The number of hydrogen-bond acceptors (Lipinski definition) is 4. The average Bonchev–Trinajstić information content (AvgIpc) is 3.10. The number of amides is 1. The second-order valence-electron chi connectivity index (χ2n) is 14.9. The molecule has 290 valence electrons. The largest absolute Gasteiger partial charge is 0.394 e. The van der Waals surface area contributed by atoms with Gasteiger partial charge in [-0.15, -0.1) is 0 Å². The Hall–Kier alpha value is -1.17. The van der Waals surface area contributed by atoms with Crippen molar-refractivity contribution in [2.45, 2.75) is 244 Å². The van der Waals surface area contributed by atoms with Crippen molar-refractivity contribution in [2.75, 3.05) is 6.61 Å². The molecule has 0 radical (unpaired) electrons. The SMILES string of the molecule is CCCCCCCC/C=C/CC/C=C/CCCC(O)C(O)C(CO)NC(=O)CCCCCCCCCCCCCCCCCCCCCC. The summed E-state index contributed by atoms with van der Waals surface area (Å²) >= 11 is 0. The van der Waals surface area contributed by atoms with Gasteiger partial charge in [-0.05, 0) is 51.4 Å². The standard InChI is InChI=1S/C44H85NO4/c1-3-5-7-9-11-13-15-17-19-20-21-22-23-25-27-29-31-33-35-37-39-43(48)45-41(40-46)44(49)42(47)38-36-34-32-30-28-26-24-18-16-14-12-10-8-6-4-2/h18,24,30,32,41-42,44,46-47,49H,3-17,19-23,25-29,31,33-40H2,1-2H3,(H,45,48)/b24-18+,32-30+. The van der Waals surface area contributed by atoms with Crippen molar-refractivity contribution in [3.63, 3.8) is 0 Å². The van der Waals surface area contributed by atoms with Gasteiger partial charge in [0.15, 0.2) is 0 Å². The highest BCUT2D eigenvalue weighted by Gasteiger charge is 2.26. The lowest BCUT2D eigenvalue weighted by atomic mass is 10.0. The molecule has 0 spiro atoms. The summed E-state index contributed by atoms with van der Waals surface area (Å²) < 4.78 is 0. The summed E-state index contributed by atoms with van der Waals surface area (Å²) in [6, 6.07) is -0.828. The van der Waals surface area contributed by atoms with Gasteiger partial charge in [0.05, 0.1) is 18.8 Å². The zero-order chi connectivity index (χ0) is 35.9. The summed E-state index contributed by atoms with van der Waals surface area (Å²) in [5, 5.41) is 33.5. The van der Waals surface area contributed by atoms with Crippen LogP contribution in [0.2, 0.25) is 0 Å². The fourth-order valence-corrected chi connectivity index (χ4v) is 6.65. The van der Waals surface area contributed by atoms with Gasteiger partial charge >= 0.3 is 0 Å². The fraction of sp³-hybridized carbons (Fsp3) is 0.886. The van der Waals surface area contributed by atoms with Crippen LogP contribution >= 0.6 is 0 Å². The number of nitrogens with one attached hydrogen (secondary N) is 1. The lowest BCUT2D eigenvalue weighted by Crippen LogP contribution is -2.50. The van der Waals surface area contributed by atoms with Crippen molar-refractivity contribution < 1.29 is 20.1 Å². The summed E-state index contributed by atoms with van der Waals surface area (Å²) in [6.45, 7) is 4.16. The number of unbranched alkanes of at least 4 members (excludes halogenated alkanes) is 27. The molecule has 5 heteroatoms. The Labute approximate surface area is 305 Å². The van der Waals surface area contributed by atoms with E-state index < -0.39 is 18.2 Å². The second-order valence-corrected chi connectivity index (χ2v) is 14.9. The van der Waals surface area contributed by atoms with Gasteiger partial charge in [0.2, 0.25) is 5.91 Å². The first-order valence-corrected chi connectivity index (χ1v) is 21.6.